The van der Waals surface area contributed by atoms with E-state index in [0.717, 1.165) is 0 Å². The molecule has 0 N–H and O–H groups in total. The van der Waals surface area contributed by atoms with Crippen LogP contribution in [0.1, 0.15) is 24.6 Å². The van der Waals surface area contributed by atoms with Crippen molar-refractivity contribution in [3.05, 3.63) is 17.5 Å². The van der Waals surface area contributed by atoms with E-state index in [0.29, 0.717) is 18.4 Å². The highest BCUT2D eigenvalue weighted by molar-refractivity contribution is 5.55. The number of carbonyl (C=O) groups excluding carboxylic acids is 1. The van der Waals surface area contributed by atoms with Crippen LogP contribution in [0.2, 0.25) is 0 Å². The molecule has 72 valence electrons. The zero-order valence-corrected chi connectivity index (χ0v) is 7.20. The predicted molar refractivity (Wildman–Crippen MR) is 42.6 cm³/mol. The normalized spacial score (nSPS) is 10.8. The number of alkyl halides is 2. The predicted octanol–water partition coefficient (Wildman–Crippen LogP) is 1.58. The summed E-state index contributed by atoms with van der Waals surface area (Å²) in [5, 5.41) is 3.65. The number of halogens is 2. The number of nitrogens with zero attached hydrogens (tertiary/aromatic N) is 2. The molecule has 0 spiro atoms. The number of hydrogen-bond donors (Lipinski definition) is 0. The van der Waals surface area contributed by atoms with E-state index < -0.39 is 6.43 Å². The zero-order valence-electron chi connectivity index (χ0n) is 7.20. The fourth-order valence-electron chi connectivity index (χ4n) is 1.07. The lowest BCUT2D eigenvalue weighted by Gasteiger charge is -1.94. The van der Waals surface area contributed by atoms with Crippen molar-refractivity contribution in [2.75, 3.05) is 0 Å². The number of aromatic nitrogens is 2. The summed E-state index contributed by atoms with van der Waals surface area (Å²) in [6, 6.07) is 0. The van der Waals surface area contributed by atoms with Gasteiger partial charge in [-0.3, -0.25) is 4.68 Å². The molecule has 3 nitrogen and oxygen atoms in total. The Labute approximate surface area is 74.4 Å². The number of aldehydes is 1. The van der Waals surface area contributed by atoms with Gasteiger partial charge in [0, 0.05) is 24.7 Å². The second-order valence-electron chi connectivity index (χ2n) is 2.57. The lowest BCUT2D eigenvalue weighted by atomic mass is 10.2. The molecular weight excluding hydrogens is 178 g/mol. The molecule has 13 heavy (non-hydrogen) atoms. The molecule has 0 atom stereocenters. The van der Waals surface area contributed by atoms with E-state index in [2.05, 4.69) is 5.10 Å². The minimum Gasteiger partial charge on any atom is -0.303 e. The van der Waals surface area contributed by atoms with Crippen LogP contribution in [0.15, 0.2) is 6.20 Å². The van der Waals surface area contributed by atoms with Crippen molar-refractivity contribution in [3.63, 3.8) is 0 Å². The molecule has 0 saturated heterocycles. The third-order valence-corrected chi connectivity index (χ3v) is 1.70. The Morgan fingerprint density at radius 1 is 1.69 bits per heavy atom. The molecule has 0 unspecified atom stereocenters. The molecule has 0 aliphatic carbocycles. The van der Waals surface area contributed by atoms with Gasteiger partial charge in [-0.1, -0.05) is 0 Å². The fraction of sp³-hybridized carbons (Fsp3) is 0.500. The van der Waals surface area contributed by atoms with Gasteiger partial charge in [0.05, 0.1) is 0 Å². The van der Waals surface area contributed by atoms with E-state index in [1.165, 1.54) is 10.9 Å². The van der Waals surface area contributed by atoms with E-state index in [1.54, 1.807) is 6.92 Å². The van der Waals surface area contributed by atoms with Crippen LogP contribution in [0.4, 0.5) is 8.78 Å². The maximum Gasteiger partial charge on any atom is 0.282 e. The maximum atomic E-state index is 12.3. The van der Waals surface area contributed by atoms with Gasteiger partial charge < -0.3 is 4.79 Å². The average Bonchev–Trinajstić information content (AvgIpc) is 2.48. The molecule has 0 saturated carbocycles. The van der Waals surface area contributed by atoms with Gasteiger partial charge in [0.1, 0.15) is 12.0 Å². The van der Waals surface area contributed by atoms with Gasteiger partial charge in [0.2, 0.25) is 0 Å². The highest BCUT2D eigenvalue weighted by Crippen LogP contribution is 2.21. The maximum absolute atomic E-state index is 12.3. The van der Waals surface area contributed by atoms with Crippen molar-refractivity contribution in [2.24, 2.45) is 0 Å². The molecule has 1 rings (SSSR count). The van der Waals surface area contributed by atoms with Gasteiger partial charge in [0.25, 0.3) is 6.43 Å². The van der Waals surface area contributed by atoms with Crippen LogP contribution in [0.3, 0.4) is 0 Å². The van der Waals surface area contributed by atoms with Gasteiger partial charge in [-0.2, -0.15) is 5.10 Å². The Morgan fingerprint density at radius 2 is 2.38 bits per heavy atom. The highest BCUT2D eigenvalue weighted by Gasteiger charge is 2.16. The second kappa shape index (κ2) is 4.11. The van der Waals surface area contributed by atoms with Gasteiger partial charge >= 0.3 is 0 Å². The first-order valence-electron chi connectivity index (χ1n) is 3.97. The van der Waals surface area contributed by atoms with Crippen LogP contribution in [0.5, 0.6) is 0 Å². The standard InChI is InChI=1S/C8H10F2N2O/c1-2-12-5-6(3-4-13)7(11-12)8(9)10/h4-5,8H,2-3H2,1H3. The third-order valence-electron chi connectivity index (χ3n) is 1.70. The Hall–Kier alpha value is -1.26. The van der Waals surface area contributed by atoms with Crippen LogP contribution >= 0.6 is 0 Å². The summed E-state index contributed by atoms with van der Waals surface area (Å²) in [7, 11) is 0. The number of rotatable bonds is 4. The van der Waals surface area contributed by atoms with Crippen molar-refractivity contribution < 1.29 is 13.6 Å². The molecule has 0 fully saturated rings. The molecule has 0 radical (unpaired) electrons. The van der Waals surface area contributed by atoms with Crippen LogP contribution in [0.25, 0.3) is 0 Å². The van der Waals surface area contributed by atoms with E-state index in [9.17, 15) is 13.6 Å². The summed E-state index contributed by atoms with van der Waals surface area (Å²) in [5.74, 6) is 0. The molecule has 5 heteroatoms. The van der Waals surface area contributed by atoms with E-state index in [1.807, 2.05) is 0 Å². The van der Waals surface area contributed by atoms with Crippen LogP contribution in [-0.4, -0.2) is 16.1 Å². The monoisotopic (exact) mass is 188 g/mol. The average molecular weight is 188 g/mol. The molecule has 0 amide bonds. The first-order valence-corrected chi connectivity index (χ1v) is 3.97. The summed E-state index contributed by atoms with van der Waals surface area (Å²) in [5.41, 5.74) is 0.0285. The molecule has 0 aromatic carbocycles. The summed E-state index contributed by atoms with van der Waals surface area (Å²) in [4.78, 5) is 10.2. The summed E-state index contributed by atoms with van der Waals surface area (Å²) in [6.07, 6.45) is -0.527. The largest absolute Gasteiger partial charge is 0.303 e. The molecule has 0 aliphatic heterocycles. The van der Waals surface area contributed by atoms with Crippen LogP contribution < -0.4 is 0 Å². The lowest BCUT2D eigenvalue weighted by molar-refractivity contribution is -0.107. The molecule has 1 aromatic rings. The van der Waals surface area contributed by atoms with Gasteiger partial charge in [0.15, 0.2) is 0 Å². The van der Waals surface area contributed by atoms with Crippen LogP contribution in [-0.2, 0) is 17.8 Å². The summed E-state index contributed by atoms with van der Waals surface area (Å²) < 4.78 is 26.0. The number of aryl methyl sites for hydroxylation is 1. The first kappa shape index (κ1) is 9.83. The van der Waals surface area contributed by atoms with E-state index in [4.69, 9.17) is 0 Å². The first-order chi connectivity index (χ1) is 6.19. The Kier molecular flexibility index (Phi) is 3.11. The second-order valence-corrected chi connectivity index (χ2v) is 2.57. The quantitative estimate of drug-likeness (QED) is 0.672. The lowest BCUT2D eigenvalue weighted by Crippen LogP contribution is -1.96. The number of hydrogen-bond acceptors (Lipinski definition) is 2. The van der Waals surface area contributed by atoms with Crippen molar-refractivity contribution >= 4 is 6.29 Å². The van der Waals surface area contributed by atoms with Crippen molar-refractivity contribution in [1.29, 1.82) is 0 Å². The van der Waals surface area contributed by atoms with E-state index in [-0.39, 0.29) is 12.1 Å². The van der Waals surface area contributed by atoms with Crippen LogP contribution in [0, 0.1) is 0 Å². The van der Waals surface area contributed by atoms with Crippen molar-refractivity contribution in [2.45, 2.75) is 26.3 Å². The number of carbonyl (C=O) groups is 1. The molecular formula is C8H10F2N2O. The smallest absolute Gasteiger partial charge is 0.282 e. The molecule has 0 bridgehead atoms. The Bertz CT molecular complexity index is 296. The Morgan fingerprint density at radius 3 is 2.85 bits per heavy atom. The Balaban J connectivity index is 2.99. The topological polar surface area (TPSA) is 34.9 Å². The third kappa shape index (κ3) is 2.11. The van der Waals surface area contributed by atoms with Crippen molar-refractivity contribution in [3.8, 4) is 0 Å². The minimum absolute atomic E-state index is 0.000324. The zero-order chi connectivity index (χ0) is 9.84. The molecule has 1 aromatic heterocycles. The highest BCUT2D eigenvalue weighted by atomic mass is 19.3. The molecule has 1 heterocycles. The van der Waals surface area contributed by atoms with Gasteiger partial charge in [-0.15, -0.1) is 0 Å². The van der Waals surface area contributed by atoms with Crippen molar-refractivity contribution in [1.82, 2.24) is 9.78 Å². The SMILES string of the molecule is CCn1cc(CC=O)c(C(F)F)n1. The minimum atomic E-state index is -2.61. The fourth-order valence-corrected chi connectivity index (χ4v) is 1.07. The van der Waals surface area contributed by atoms with Gasteiger partial charge in [-0.25, -0.2) is 8.78 Å². The summed E-state index contributed by atoms with van der Waals surface area (Å²) in [6.45, 7) is 2.32. The molecule has 0 aliphatic rings. The van der Waals surface area contributed by atoms with E-state index >= 15 is 0 Å². The van der Waals surface area contributed by atoms with Gasteiger partial charge in [-0.05, 0) is 6.92 Å². The summed E-state index contributed by atoms with van der Waals surface area (Å²) >= 11 is 0.